The summed E-state index contributed by atoms with van der Waals surface area (Å²) >= 11 is 0. The number of halogens is 1. The van der Waals surface area contributed by atoms with Crippen LogP contribution >= 0.6 is 0 Å². The van der Waals surface area contributed by atoms with Crippen LogP contribution in [0.1, 0.15) is 29.3 Å². The molecule has 0 saturated heterocycles. The standard InChI is InChI=1S/C20H21FN2O5/c1-2-28-19(24)11-13-22(12-10-15-6-8-17(21)9-7-15)20(25)16-4-3-5-18(14-16)23(26)27/h3-9,14H,2,10-13H2,1H3. The predicted octanol–water partition coefficient (Wildman–Crippen LogP) is 3.37. The summed E-state index contributed by atoms with van der Waals surface area (Å²) in [5.41, 5.74) is 0.807. The van der Waals surface area contributed by atoms with E-state index >= 15 is 0 Å². The first-order valence-electron chi connectivity index (χ1n) is 8.84. The zero-order valence-electron chi connectivity index (χ0n) is 15.5. The van der Waals surface area contributed by atoms with E-state index in [-0.39, 0.29) is 43.2 Å². The van der Waals surface area contributed by atoms with Crippen molar-refractivity contribution < 1.29 is 23.6 Å². The maximum Gasteiger partial charge on any atom is 0.307 e. The first kappa shape index (κ1) is 21.0. The van der Waals surface area contributed by atoms with Gasteiger partial charge in [0.1, 0.15) is 5.82 Å². The van der Waals surface area contributed by atoms with E-state index in [9.17, 15) is 24.1 Å². The minimum absolute atomic E-state index is 0.0118. The van der Waals surface area contributed by atoms with Crippen molar-refractivity contribution in [2.45, 2.75) is 19.8 Å². The van der Waals surface area contributed by atoms with Crippen LogP contribution in [-0.2, 0) is 16.0 Å². The summed E-state index contributed by atoms with van der Waals surface area (Å²) in [6.45, 7) is 2.32. The largest absolute Gasteiger partial charge is 0.466 e. The zero-order chi connectivity index (χ0) is 20.5. The minimum atomic E-state index is -0.571. The molecule has 148 valence electrons. The lowest BCUT2D eigenvalue weighted by atomic mass is 10.1. The van der Waals surface area contributed by atoms with Gasteiger partial charge >= 0.3 is 5.97 Å². The molecule has 2 aromatic carbocycles. The van der Waals surface area contributed by atoms with Gasteiger partial charge in [0.15, 0.2) is 0 Å². The molecule has 1 amide bonds. The lowest BCUT2D eigenvalue weighted by Gasteiger charge is -2.22. The fraction of sp³-hybridized carbons (Fsp3) is 0.300. The number of ether oxygens (including phenoxy) is 1. The van der Waals surface area contributed by atoms with Gasteiger partial charge in [0.05, 0.1) is 18.0 Å². The third kappa shape index (κ3) is 6.15. The van der Waals surface area contributed by atoms with E-state index in [2.05, 4.69) is 0 Å². The fourth-order valence-corrected chi connectivity index (χ4v) is 2.62. The van der Waals surface area contributed by atoms with Crippen molar-refractivity contribution in [3.8, 4) is 0 Å². The van der Waals surface area contributed by atoms with Crippen molar-refractivity contribution >= 4 is 17.6 Å². The number of rotatable bonds is 9. The number of amides is 1. The second kappa shape index (κ2) is 10.1. The van der Waals surface area contributed by atoms with Crippen LogP contribution in [0.2, 0.25) is 0 Å². The molecular formula is C20H21FN2O5. The number of nitro groups is 1. The second-order valence-electron chi connectivity index (χ2n) is 6.03. The predicted molar refractivity (Wildman–Crippen MR) is 100 cm³/mol. The highest BCUT2D eigenvalue weighted by molar-refractivity contribution is 5.95. The van der Waals surface area contributed by atoms with Crippen LogP contribution in [0.25, 0.3) is 0 Å². The first-order valence-corrected chi connectivity index (χ1v) is 8.84. The van der Waals surface area contributed by atoms with Gasteiger partial charge in [-0.1, -0.05) is 18.2 Å². The Labute approximate surface area is 161 Å². The van der Waals surface area contributed by atoms with Crippen LogP contribution in [0.15, 0.2) is 48.5 Å². The molecule has 0 unspecified atom stereocenters. The Morgan fingerprint density at radius 2 is 1.86 bits per heavy atom. The quantitative estimate of drug-likeness (QED) is 0.373. The number of nitro benzene ring substituents is 1. The monoisotopic (exact) mass is 388 g/mol. The van der Waals surface area contributed by atoms with E-state index in [0.29, 0.717) is 6.42 Å². The summed E-state index contributed by atoms with van der Waals surface area (Å²) in [5, 5.41) is 11.0. The molecule has 0 heterocycles. The van der Waals surface area contributed by atoms with Gasteiger partial charge < -0.3 is 9.64 Å². The topological polar surface area (TPSA) is 89.8 Å². The van der Waals surface area contributed by atoms with E-state index in [0.717, 1.165) is 5.56 Å². The van der Waals surface area contributed by atoms with Gasteiger partial charge in [-0.05, 0) is 37.1 Å². The van der Waals surface area contributed by atoms with Crippen LogP contribution in [-0.4, -0.2) is 41.4 Å². The Morgan fingerprint density at radius 1 is 1.14 bits per heavy atom. The van der Waals surface area contributed by atoms with E-state index < -0.39 is 16.8 Å². The van der Waals surface area contributed by atoms with Crippen LogP contribution in [0.3, 0.4) is 0 Å². The maximum atomic E-state index is 13.0. The van der Waals surface area contributed by atoms with E-state index in [1.807, 2.05) is 0 Å². The summed E-state index contributed by atoms with van der Waals surface area (Å²) in [5.74, 6) is -1.20. The van der Waals surface area contributed by atoms with Crippen molar-refractivity contribution in [2.75, 3.05) is 19.7 Å². The highest BCUT2D eigenvalue weighted by atomic mass is 19.1. The summed E-state index contributed by atoms with van der Waals surface area (Å²) in [4.78, 5) is 36.4. The Balaban J connectivity index is 2.14. The highest BCUT2D eigenvalue weighted by Gasteiger charge is 2.19. The number of carbonyl (C=O) groups excluding carboxylic acids is 2. The average molecular weight is 388 g/mol. The minimum Gasteiger partial charge on any atom is -0.466 e. The summed E-state index contributed by atoms with van der Waals surface area (Å²) < 4.78 is 17.9. The number of hydrogen-bond donors (Lipinski definition) is 0. The Bertz CT molecular complexity index is 839. The molecule has 0 aliphatic heterocycles. The van der Waals surface area contributed by atoms with Crippen LogP contribution in [0.5, 0.6) is 0 Å². The van der Waals surface area contributed by atoms with Gasteiger partial charge in [-0.15, -0.1) is 0 Å². The van der Waals surface area contributed by atoms with Crippen LogP contribution in [0.4, 0.5) is 10.1 Å². The number of non-ortho nitro benzene ring substituents is 1. The molecule has 0 fully saturated rings. The molecule has 0 radical (unpaired) electrons. The molecular weight excluding hydrogens is 367 g/mol. The molecule has 7 nitrogen and oxygen atoms in total. The molecule has 0 bridgehead atoms. The molecule has 0 aromatic heterocycles. The van der Waals surface area contributed by atoms with E-state index in [1.165, 1.54) is 41.3 Å². The van der Waals surface area contributed by atoms with Crippen molar-refractivity contribution in [2.24, 2.45) is 0 Å². The van der Waals surface area contributed by atoms with Crippen molar-refractivity contribution in [1.82, 2.24) is 4.90 Å². The molecule has 2 aromatic rings. The van der Waals surface area contributed by atoms with Gasteiger partial charge in [-0.3, -0.25) is 19.7 Å². The Hall–Kier alpha value is -3.29. The van der Waals surface area contributed by atoms with Gasteiger partial charge in [0.2, 0.25) is 0 Å². The number of nitrogens with zero attached hydrogens (tertiary/aromatic N) is 2. The maximum absolute atomic E-state index is 13.0. The number of benzene rings is 2. The molecule has 0 N–H and O–H groups in total. The van der Waals surface area contributed by atoms with Gasteiger partial charge in [0.25, 0.3) is 11.6 Å². The summed E-state index contributed by atoms with van der Waals surface area (Å²) in [6, 6.07) is 11.4. The van der Waals surface area contributed by atoms with Gasteiger partial charge in [0, 0.05) is 30.8 Å². The van der Waals surface area contributed by atoms with E-state index in [4.69, 9.17) is 4.74 Å². The molecule has 8 heteroatoms. The molecule has 2 rings (SSSR count). The van der Waals surface area contributed by atoms with Gasteiger partial charge in [-0.2, -0.15) is 0 Å². The van der Waals surface area contributed by atoms with Crippen molar-refractivity contribution in [1.29, 1.82) is 0 Å². The fourth-order valence-electron chi connectivity index (χ4n) is 2.62. The number of hydrogen-bond acceptors (Lipinski definition) is 5. The highest BCUT2D eigenvalue weighted by Crippen LogP contribution is 2.16. The summed E-state index contributed by atoms with van der Waals surface area (Å²) in [6.07, 6.45) is 0.460. The SMILES string of the molecule is CCOC(=O)CCN(CCc1ccc(F)cc1)C(=O)c1cccc([N+](=O)[O-])c1. The first-order chi connectivity index (χ1) is 13.4. The molecule has 0 aliphatic rings. The van der Waals surface area contributed by atoms with Crippen LogP contribution < -0.4 is 0 Å². The lowest BCUT2D eigenvalue weighted by molar-refractivity contribution is -0.384. The normalized spacial score (nSPS) is 10.4. The zero-order valence-corrected chi connectivity index (χ0v) is 15.5. The second-order valence-corrected chi connectivity index (χ2v) is 6.03. The number of carbonyl (C=O) groups is 2. The third-order valence-electron chi connectivity index (χ3n) is 4.07. The van der Waals surface area contributed by atoms with Crippen molar-refractivity contribution in [3.63, 3.8) is 0 Å². The van der Waals surface area contributed by atoms with Crippen molar-refractivity contribution in [3.05, 3.63) is 75.6 Å². The van der Waals surface area contributed by atoms with Crippen LogP contribution in [0, 0.1) is 15.9 Å². The molecule has 28 heavy (non-hydrogen) atoms. The Kier molecular flexibility index (Phi) is 7.62. The molecule has 0 spiro atoms. The summed E-state index contributed by atoms with van der Waals surface area (Å²) in [7, 11) is 0. The third-order valence-corrected chi connectivity index (χ3v) is 4.07. The van der Waals surface area contributed by atoms with E-state index in [1.54, 1.807) is 19.1 Å². The molecule has 0 aliphatic carbocycles. The smallest absolute Gasteiger partial charge is 0.307 e. The Morgan fingerprint density at radius 3 is 2.50 bits per heavy atom. The van der Waals surface area contributed by atoms with Gasteiger partial charge in [-0.25, -0.2) is 4.39 Å². The molecule has 0 atom stereocenters. The average Bonchev–Trinajstić information content (AvgIpc) is 2.69. The lowest BCUT2D eigenvalue weighted by Crippen LogP contribution is -2.35. The number of esters is 1. The molecule has 0 saturated carbocycles.